The van der Waals surface area contributed by atoms with E-state index >= 15 is 0 Å². The second-order valence-corrected chi connectivity index (χ2v) is 7.49. The van der Waals surface area contributed by atoms with Crippen molar-refractivity contribution in [2.24, 2.45) is 5.92 Å². The summed E-state index contributed by atoms with van der Waals surface area (Å²) in [6.07, 6.45) is 3.75. The number of hydrogen-bond donors (Lipinski definition) is 1. The largest absolute Gasteiger partial charge is 0.329 e. The van der Waals surface area contributed by atoms with Crippen LogP contribution >= 0.6 is 11.3 Å². The average molecular weight is 374 g/mol. The van der Waals surface area contributed by atoms with Crippen LogP contribution in [0.3, 0.4) is 0 Å². The standard InChI is InChI=1S/C17H18N4O4S/c1-11-8-18-17(26-11)19-15(22)10-20(9-12-2-3-12)16(23)13-4-6-14(7-5-13)21(24)25/h4-8,12H,2-3,9-10H2,1H3,(H,18,19,22). The molecular weight excluding hydrogens is 356 g/mol. The molecule has 26 heavy (non-hydrogen) atoms. The summed E-state index contributed by atoms with van der Waals surface area (Å²) in [5, 5.41) is 13.9. The monoisotopic (exact) mass is 374 g/mol. The average Bonchev–Trinajstić information content (AvgIpc) is 3.34. The molecule has 0 bridgehead atoms. The fourth-order valence-electron chi connectivity index (χ4n) is 2.48. The van der Waals surface area contributed by atoms with Gasteiger partial charge in [0.15, 0.2) is 5.13 Å². The van der Waals surface area contributed by atoms with Crippen LogP contribution in [-0.4, -0.2) is 39.7 Å². The van der Waals surface area contributed by atoms with Crippen molar-refractivity contribution in [1.82, 2.24) is 9.88 Å². The first kappa shape index (κ1) is 18.0. The highest BCUT2D eigenvalue weighted by Crippen LogP contribution is 2.30. The number of benzene rings is 1. The lowest BCUT2D eigenvalue weighted by molar-refractivity contribution is -0.384. The van der Waals surface area contributed by atoms with Gasteiger partial charge in [0.25, 0.3) is 11.6 Å². The molecule has 0 spiro atoms. The topological polar surface area (TPSA) is 105 Å². The van der Waals surface area contributed by atoms with Crippen molar-refractivity contribution in [2.45, 2.75) is 19.8 Å². The van der Waals surface area contributed by atoms with Gasteiger partial charge in [-0.05, 0) is 37.8 Å². The van der Waals surface area contributed by atoms with E-state index in [1.165, 1.54) is 40.5 Å². The summed E-state index contributed by atoms with van der Waals surface area (Å²) in [5.41, 5.74) is 0.251. The van der Waals surface area contributed by atoms with Crippen LogP contribution in [0.5, 0.6) is 0 Å². The molecule has 3 rings (SSSR count). The Kier molecular flexibility index (Phi) is 5.27. The molecule has 1 saturated carbocycles. The predicted molar refractivity (Wildman–Crippen MR) is 97.2 cm³/mol. The molecule has 0 atom stereocenters. The third-order valence-corrected chi connectivity index (χ3v) is 4.82. The van der Waals surface area contributed by atoms with Gasteiger partial charge in [0.1, 0.15) is 6.54 Å². The summed E-state index contributed by atoms with van der Waals surface area (Å²) in [7, 11) is 0. The number of hydrogen-bond acceptors (Lipinski definition) is 6. The molecule has 136 valence electrons. The van der Waals surface area contributed by atoms with Gasteiger partial charge in [-0.2, -0.15) is 0 Å². The third kappa shape index (κ3) is 4.63. The van der Waals surface area contributed by atoms with Crippen molar-refractivity contribution in [3.05, 3.63) is 51.0 Å². The Morgan fingerprint density at radius 1 is 1.35 bits per heavy atom. The summed E-state index contributed by atoms with van der Waals surface area (Å²) in [6.45, 7) is 2.32. The molecule has 1 aromatic carbocycles. The van der Waals surface area contributed by atoms with E-state index in [1.54, 1.807) is 6.20 Å². The number of amides is 2. The molecule has 1 aromatic heterocycles. The minimum absolute atomic E-state index is 0.0767. The Morgan fingerprint density at radius 2 is 2.04 bits per heavy atom. The lowest BCUT2D eigenvalue weighted by Gasteiger charge is -2.22. The summed E-state index contributed by atoms with van der Waals surface area (Å²) in [4.78, 5) is 41.8. The normalized spacial score (nSPS) is 13.3. The highest BCUT2D eigenvalue weighted by molar-refractivity contribution is 7.15. The SMILES string of the molecule is Cc1cnc(NC(=O)CN(CC2CC2)C(=O)c2ccc([N+](=O)[O-])cc2)s1. The van der Waals surface area contributed by atoms with E-state index in [9.17, 15) is 19.7 Å². The number of aromatic nitrogens is 1. The van der Waals surface area contributed by atoms with Crippen LogP contribution in [0.2, 0.25) is 0 Å². The van der Waals surface area contributed by atoms with E-state index < -0.39 is 4.92 Å². The number of nitro groups is 1. The van der Waals surface area contributed by atoms with Gasteiger partial charge in [-0.15, -0.1) is 11.3 Å². The van der Waals surface area contributed by atoms with E-state index in [2.05, 4.69) is 10.3 Å². The predicted octanol–water partition coefficient (Wildman–Crippen LogP) is 2.85. The number of nitrogens with zero attached hydrogens (tertiary/aromatic N) is 3. The van der Waals surface area contributed by atoms with Gasteiger partial charge in [-0.3, -0.25) is 19.7 Å². The summed E-state index contributed by atoms with van der Waals surface area (Å²) < 4.78 is 0. The number of rotatable bonds is 7. The van der Waals surface area contributed by atoms with Crippen LogP contribution in [0.15, 0.2) is 30.5 Å². The molecule has 2 amide bonds. The number of carbonyl (C=O) groups is 2. The van der Waals surface area contributed by atoms with Crippen LogP contribution < -0.4 is 5.32 Å². The van der Waals surface area contributed by atoms with Gasteiger partial charge in [-0.25, -0.2) is 4.98 Å². The Hall–Kier alpha value is -2.81. The molecule has 1 aliphatic carbocycles. The number of carbonyl (C=O) groups excluding carboxylic acids is 2. The van der Waals surface area contributed by atoms with Crippen molar-refractivity contribution in [1.29, 1.82) is 0 Å². The number of non-ortho nitro benzene ring substituents is 1. The van der Waals surface area contributed by atoms with E-state index in [1.807, 2.05) is 6.92 Å². The zero-order valence-corrected chi connectivity index (χ0v) is 15.0. The van der Waals surface area contributed by atoms with Crippen LogP contribution in [0.1, 0.15) is 28.1 Å². The minimum atomic E-state index is -0.514. The van der Waals surface area contributed by atoms with E-state index in [0.717, 1.165) is 17.7 Å². The fraction of sp³-hybridized carbons (Fsp3) is 0.353. The molecule has 9 heteroatoms. The molecule has 1 heterocycles. The molecule has 0 aliphatic heterocycles. The quantitative estimate of drug-likeness (QED) is 0.592. The maximum atomic E-state index is 12.7. The lowest BCUT2D eigenvalue weighted by atomic mass is 10.1. The first-order valence-electron chi connectivity index (χ1n) is 8.18. The van der Waals surface area contributed by atoms with E-state index in [4.69, 9.17) is 0 Å². The molecule has 0 unspecified atom stereocenters. The van der Waals surface area contributed by atoms with Crippen molar-refractivity contribution < 1.29 is 14.5 Å². The van der Waals surface area contributed by atoms with Crippen molar-refractivity contribution in [3.63, 3.8) is 0 Å². The Balaban J connectivity index is 1.68. The van der Waals surface area contributed by atoms with Crippen LogP contribution in [0.4, 0.5) is 10.8 Å². The fourth-order valence-corrected chi connectivity index (χ4v) is 3.16. The number of aryl methyl sites for hydroxylation is 1. The van der Waals surface area contributed by atoms with Crippen molar-refractivity contribution in [3.8, 4) is 0 Å². The summed E-state index contributed by atoms with van der Waals surface area (Å²) in [6, 6.07) is 5.42. The maximum absolute atomic E-state index is 12.7. The van der Waals surface area contributed by atoms with Gasteiger partial charge in [0, 0.05) is 35.3 Å². The van der Waals surface area contributed by atoms with Crippen LogP contribution in [0.25, 0.3) is 0 Å². The van der Waals surface area contributed by atoms with Crippen molar-refractivity contribution in [2.75, 3.05) is 18.4 Å². The third-order valence-electron chi connectivity index (χ3n) is 3.99. The summed E-state index contributed by atoms with van der Waals surface area (Å²) >= 11 is 1.37. The van der Waals surface area contributed by atoms with Gasteiger partial charge in [0.05, 0.1) is 4.92 Å². The highest BCUT2D eigenvalue weighted by atomic mass is 32.1. The Labute approximate surface area is 154 Å². The van der Waals surface area contributed by atoms with Gasteiger partial charge in [0.2, 0.25) is 5.91 Å². The molecule has 1 N–H and O–H groups in total. The first-order valence-corrected chi connectivity index (χ1v) is 9.00. The maximum Gasteiger partial charge on any atom is 0.269 e. The van der Waals surface area contributed by atoms with E-state index in [0.29, 0.717) is 23.2 Å². The first-order chi connectivity index (χ1) is 12.4. The molecule has 0 radical (unpaired) electrons. The van der Waals surface area contributed by atoms with Crippen LogP contribution in [0, 0.1) is 23.0 Å². The molecule has 0 saturated heterocycles. The molecule has 1 aliphatic rings. The molecular formula is C17H18N4O4S. The second kappa shape index (κ2) is 7.61. The van der Waals surface area contributed by atoms with Crippen LogP contribution in [-0.2, 0) is 4.79 Å². The zero-order valence-electron chi connectivity index (χ0n) is 14.2. The zero-order chi connectivity index (χ0) is 18.7. The van der Waals surface area contributed by atoms with Gasteiger partial charge < -0.3 is 10.2 Å². The number of anilines is 1. The number of nitrogens with one attached hydrogen (secondary N) is 1. The van der Waals surface area contributed by atoms with E-state index in [-0.39, 0.29) is 24.0 Å². The lowest BCUT2D eigenvalue weighted by Crippen LogP contribution is -2.39. The van der Waals surface area contributed by atoms with Gasteiger partial charge in [-0.1, -0.05) is 0 Å². The summed E-state index contributed by atoms with van der Waals surface area (Å²) in [5.74, 6) is -0.209. The molecule has 1 fully saturated rings. The minimum Gasteiger partial charge on any atom is -0.329 e. The van der Waals surface area contributed by atoms with Crippen molar-refractivity contribution >= 4 is 34.0 Å². The second-order valence-electron chi connectivity index (χ2n) is 6.26. The Morgan fingerprint density at radius 3 is 2.58 bits per heavy atom. The Bertz CT molecular complexity index is 830. The molecule has 8 nitrogen and oxygen atoms in total. The smallest absolute Gasteiger partial charge is 0.269 e. The number of nitro benzene ring substituents is 1. The van der Waals surface area contributed by atoms with Gasteiger partial charge >= 0.3 is 0 Å². The highest BCUT2D eigenvalue weighted by Gasteiger charge is 2.29. The molecule has 2 aromatic rings. The number of thiazole rings is 1.